The second kappa shape index (κ2) is 6.44. The van der Waals surface area contributed by atoms with E-state index < -0.39 is 0 Å². The van der Waals surface area contributed by atoms with Gasteiger partial charge in [0, 0.05) is 37.4 Å². The molecule has 5 nitrogen and oxygen atoms in total. The van der Waals surface area contributed by atoms with Crippen LogP contribution in [-0.2, 0) is 7.05 Å². The second-order valence-electron chi connectivity index (χ2n) is 5.40. The zero-order valence-electron chi connectivity index (χ0n) is 13.1. The van der Waals surface area contributed by atoms with E-state index >= 15 is 0 Å². The molecule has 1 atom stereocenters. The molecule has 0 radical (unpaired) electrons. The molecule has 1 unspecified atom stereocenters. The molecule has 3 aromatic rings. The van der Waals surface area contributed by atoms with Gasteiger partial charge in [0.15, 0.2) is 0 Å². The topological polar surface area (TPSA) is 59.8 Å². The van der Waals surface area contributed by atoms with E-state index in [0.29, 0.717) is 5.56 Å². The Morgan fingerprint density at radius 3 is 2.52 bits per heavy atom. The number of rotatable bonds is 4. The standard InChI is InChI=1S/C18H18N4O/c1-13-5-3-4-6-15(13)16(17-20-11-12-22(17)2)21-18(23)14-7-9-19-10-8-14/h3-12,16H,1-2H3,(H,21,23). The number of benzene rings is 1. The lowest BCUT2D eigenvalue weighted by Gasteiger charge is -2.21. The van der Waals surface area contributed by atoms with Crippen LogP contribution < -0.4 is 5.32 Å². The van der Waals surface area contributed by atoms with Crippen molar-refractivity contribution in [3.63, 3.8) is 0 Å². The van der Waals surface area contributed by atoms with E-state index in [1.807, 2.05) is 49.0 Å². The van der Waals surface area contributed by atoms with Crippen molar-refractivity contribution in [2.75, 3.05) is 0 Å². The Hall–Kier alpha value is -2.95. The Kier molecular flexibility index (Phi) is 4.19. The number of aromatic nitrogens is 3. The van der Waals surface area contributed by atoms with Crippen LogP contribution >= 0.6 is 0 Å². The maximum Gasteiger partial charge on any atom is 0.252 e. The minimum absolute atomic E-state index is 0.149. The molecule has 0 aliphatic heterocycles. The minimum Gasteiger partial charge on any atom is -0.338 e. The van der Waals surface area contributed by atoms with Crippen molar-refractivity contribution in [1.82, 2.24) is 19.9 Å². The van der Waals surface area contributed by atoms with Crippen LogP contribution in [0.1, 0.15) is 33.4 Å². The van der Waals surface area contributed by atoms with Crippen molar-refractivity contribution >= 4 is 5.91 Å². The van der Waals surface area contributed by atoms with Gasteiger partial charge in [-0.1, -0.05) is 24.3 Å². The number of hydrogen-bond donors (Lipinski definition) is 1. The highest BCUT2D eigenvalue weighted by Crippen LogP contribution is 2.23. The summed E-state index contributed by atoms with van der Waals surface area (Å²) in [6.07, 6.45) is 6.83. The van der Waals surface area contributed by atoms with Crippen molar-refractivity contribution in [3.05, 3.63) is 83.7 Å². The van der Waals surface area contributed by atoms with Crippen LogP contribution in [0.3, 0.4) is 0 Å². The summed E-state index contributed by atoms with van der Waals surface area (Å²) in [4.78, 5) is 20.9. The van der Waals surface area contributed by atoms with Gasteiger partial charge in [0.05, 0.1) is 0 Å². The monoisotopic (exact) mass is 306 g/mol. The Labute approximate surface area is 135 Å². The molecule has 1 aromatic carbocycles. The summed E-state index contributed by atoms with van der Waals surface area (Å²) in [7, 11) is 1.92. The fourth-order valence-corrected chi connectivity index (χ4v) is 2.57. The molecule has 0 saturated carbocycles. The van der Waals surface area contributed by atoms with Crippen LogP contribution in [0.4, 0.5) is 0 Å². The number of pyridine rings is 1. The summed E-state index contributed by atoms with van der Waals surface area (Å²) in [5.41, 5.74) is 2.72. The van der Waals surface area contributed by atoms with Gasteiger partial charge in [-0.15, -0.1) is 0 Å². The number of nitrogens with zero attached hydrogens (tertiary/aromatic N) is 3. The predicted molar refractivity (Wildman–Crippen MR) is 87.9 cm³/mol. The highest BCUT2D eigenvalue weighted by Gasteiger charge is 2.22. The van der Waals surface area contributed by atoms with Gasteiger partial charge in [-0.25, -0.2) is 4.98 Å². The highest BCUT2D eigenvalue weighted by atomic mass is 16.1. The third-order valence-corrected chi connectivity index (χ3v) is 3.83. The molecule has 3 rings (SSSR count). The van der Waals surface area contributed by atoms with E-state index in [9.17, 15) is 4.79 Å². The molecular weight excluding hydrogens is 288 g/mol. The summed E-state index contributed by atoms with van der Waals surface area (Å²) in [5, 5.41) is 3.08. The number of hydrogen-bond acceptors (Lipinski definition) is 3. The largest absolute Gasteiger partial charge is 0.338 e. The smallest absolute Gasteiger partial charge is 0.252 e. The molecule has 0 aliphatic rings. The predicted octanol–water partition coefficient (Wildman–Crippen LogP) is 2.64. The van der Waals surface area contributed by atoms with E-state index in [1.54, 1.807) is 30.7 Å². The van der Waals surface area contributed by atoms with Crippen LogP contribution in [0.5, 0.6) is 0 Å². The SMILES string of the molecule is Cc1ccccc1C(NC(=O)c1ccncc1)c1nccn1C. The van der Waals surface area contributed by atoms with Gasteiger partial charge in [-0.05, 0) is 30.2 Å². The fraction of sp³-hybridized carbons (Fsp3) is 0.167. The highest BCUT2D eigenvalue weighted by molar-refractivity contribution is 5.94. The minimum atomic E-state index is -0.308. The Morgan fingerprint density at radius 2 is 1.87 bits per heavy atom. The van der Waals surface area contributed by atoms with Crippen LogP contribution in [0.2, 0.25) is 0 Å². The third-order valence-electron chi connectivity index (χ3n) is 3.83. The van der Waals surface area contributed by atoms with Gasteiger partial charge in [0.1, 0.15) is 11.9 Å². The number of imidazole rings is 1. The lowest BCUT2D eigenvalue weighted by atomic mass is 10.00. The molecule has 0 spiro atoms. The van der Waals surface area contributed by atoms with Gasteiger partial charge >= 0.3 is 0 Å². The zero-order chi connectivity index (χ0) is 16.2. The van der Waals surface area contributed by atoms with Crippen molar-refractivity contribution in [2.45, 2.75) is 13.0 Å². The molecule has 2 heterocycles. The van der Waals surface area contributed by atoms with Gasteiger partial charge < -0.3 is 9.88 Å². The first kappa shape index (κ1) is 15.0. The van der Waals surface area contributed by atoms with Crippen molar-refractivity contribution in [2.24, 2.45) is 7.05 Å². The number of aryl methyl sites for hydroxylation is 2. The Morgan fingerprint density at radius 1 is 1.13 bits per heavy atom. The fourth-order valence-electron chi connectivity index (χ4n) is 2.57. The first-order valence-electron chi connectivity index (χ1n) is 7.40. The quantitative estimate of drug-likeness (QED) is 0.806. The normalized spacial score (nSPS) is 11.9. The molecule has 0 bridgehead atoms. The van der Waals surface area contributed by atoms with Gasteiger partial charge in [0.2, 0.25) is 0 Å². The molecule has 2 aromatic heterocycles. The molecule has 0 aliphatic carbocycles. The third kappa shape index (κ3) is 3.13. The molecule has 1 N–H and O–H groups in total. The van der Waals surface area contributed by atoms with Crippen molar-refractivity contribution < 1.29 is 4.79 Å². The number of nitrogens with one attached hydrogen (secondary N) is 1. The molecule has 0 fully saturated rings. The molecule has 1 amide bonds. The number of carbonyl (C=O) groups is 1. The van der Waals surface area contributed by atoms with Crippen molar-refractivity contribution in [1.29, 1.82) is 0 Å². The number of amides is 1. The molecule has 23 heavy (non-hydrogen) atoms. The average Bonchev–Trinajstić information content (AvgIpc) is 3.00. The average molecular weight is 306 g/mol. The van der Waals surface area contributed by atoms with E-state index in [1.165, 1.54) is 0 Å². The number of carbonyl (C=O) groups excluding carboxylic acids is 1. The van der Waals surface area contributed by atoms with Crippen LogP contribution in [0.25, 0.3) is 0 Å². The van der Waals surface area contributed by atoms with Gasteiger partial charge in [0.25, 0.3) is 5.91 Å². The summed E-state index contributed by atoms with van der Waals surface area (Å²) in [5.74, 6) is 0.644. The summed E-state index contributed by atoms with van der Waals surface area (Å²) in [6, 6.07) is 11.1. The van der Waals surface area contributed by atoms with E-state index in [-0.39, 0.29) is 11.9 Å². The van der Waals surface area contributed by atoms with E-state index in [0.717, 1.165) is 17.0 Å². The van der Waals surface area contributed by atoms with Crippen molar-refractivity contribution in [3.8, 4) is 0 Å². The second-order valence-corrected chi connectivity index (χ2v) is 5.40. The first-order chi connectivity index (χ1) is 11.2. The van der Waals surface area contributed by atoms with Crippen LogP contribution in [0.15, 0.2) is 61.2 Å². The summed E-state index contributed by atoms with van der Waals surface area (Å²) in [6.45, 7) is 2.03. The Bertz CT molecular complexity index is 811. The maximum atomic E-state index is 12.6. The maximum absolute atomic E-state index is 12.6. The van der Waals surface area contributed by atoms with Gasteiger partial charge in [-0.2, -0.15) is 0 Å². The molecular formula is C18H18N4O. The molecule has 116 valence electrons. The first-order valence-corrected chi connectivity index (χ1v) is 7.40. The molecule has 5 heteroatoms. The zero-order valence-corrected chi connectivity index (χ0v) is 13.1. The summed E-state index contributed by atoms with van der Waals surface area (Å²) >= 11 is 0. The Balaban J connectivity index is 1.98. The lowest BCUT2D eigenvalue weighted by molar-refractivity contribution is 0.0941. The lowest BCUT2D eigenvalue weighted by Crippen LogP contribution is -2.31. The van der Waals surface area contributed by atoms with Crippen LogP contribution in [0, 0.1) is 6.92 Å². The van der Waals surface area contributed by atoms with Gasteiger partial charge in [-0.3, -0.25) is 9.78 Å². The van der Waals surface area contributed by atoms with Crippen LogP contribution in [-0.4, -0.2) is 20.4 Å². The van der Waals surface area contributed by atoms with E-state index in [4.69, 9.17) is 0 Å². The molecule has 0 saturated heterocycles. The van der Waals surface area contributed by atoms with E-state index in [2.05, 4.69) is 15.3 Å². The summed E-state index contributed by atoms with van der Waals surface area (Å²) < 4.78 is 1.92.